The minimum Gasteiger partial charge on any atom is -0.507 e. The summed E-state index contributed by atoms with van der Waals surface area (Å²) in [6.45, 7) is 0. The molecule has 2 N–H and O–H groups in total. The molecule has 22 heavy (non-hydrogen) atoms. The summed E-state index contributed by atoms with van der Waals surface area (Å²) in [5.74, 6) is -0.598. The van der Waals surface area contributed by atoms with Gasteiger partial charge < -0.3 is 10.2 Å². The van der Waals surface area contributed by atoms with Gasteiger partial charge >= 0.3 is 0 Å². The average molecular weight is 292 g/mol. The van der Waals surface area contributed by atoms with E-state index in [9.17, 15) is 15.0 Å². The Morgan fingerprint density at radius 1 is 1.00 bits per heavy atom. The number of ketones is 1. The maximum absolute atomic E-state index is 12.2. The molecular formula is C19H16O3. The molecule has 1 unspecified atom stereocenters. The van der Waals surface area contributed by atoms with Crippen LogP contribution in [0.1, 0.15) is 23.1 Å². The summed E-state index contributed by atoms with van der Waals surface area (Å²) < 4.78 is 0. The Hall–Kier alpha value is -2.65. The van der Waals surface area contributed by atoms with Gasteiger partial charge in [0.2, 0.25) is 0 Å². The number of hydrogen-bond donors (Lipinski definition) is 2. The Bertz CT molecular complexity index is 759. The highest BCUT2D eigenvalue weighted by atomic mass is 16.3. The van der Waals surface area contributed by atoms with Crippen LogP contribution in [0, 0.1) is 0 Å². The van der Waals surface area contributed by atoms with Crippen molar-refractivity contribution in [3.63, 3.8) is 0 Å². The van der Waals surface area contributed by atoms with Crippen molar-refractivity contribution in [1.29, 1.82) is 0 Å². The van der Waals surface area contributed by atoms with Crippen LogP contribution < -0.4 is 0 Å². The molecule has 3 rings (SSSR count). The van der Waals surface area contributed by atoms with Crippen molar-refractivity contribution in [1.82, 2.24) is 0 Å². The third-order valence-corrected chi connectivity index (χ3v) is 3.85. The Morgan fingerprint density at radius 3 is 2.45 bits per heavy atom. The number of benzene rings is 2. The lowest BCUT2D eigenvalue weighted by Gasteiger charge is -2.30. The number of carbonyl (C=O) groups excluding carboxylic acids is 1. The van der Waals surface area contributed by atoms with E-state index in [-0.39, 0.29) is 12.2 Å². The lowest BCUT2D eigenvalue weighted by Crippen LogP contribution is -2.37. The molecule has 0 radical (unpaired) electrons. The number of hydrogen-bond acceptors (Lipinski definition) is 3. The van der Waals surface area contributed by atoms with Crippen LogP contribution in [0.25, 0.3) is 11.8 Å². The first-order chi connectivity index (χ1) is 10.6. The molecule has 0 heterocycles. The summed E-state index contributed by atoms with van der Waals surface area (Å²) in [5.41, 5.74) is 0.310. The van der Waals surface area contributed by atoms with Gasteiger partial charge in [-0.3, -0.25) is 4.79 Å². The number of carbonyl (C=O) groups is 1. The van der Waals surface area contributed by atoms with Crippen LogP contribution in [0.4, 0.5) is 0 Å². The zero-order valence-corrected chi connectivity index (χ0v) is 11.9. The van der Waals surface area contributed by atoms with E-state index >= 15 is 0 Å². The average Bonchev–Trinajstić information content (AvgIpc) is 2.54. The number of fused-ring (bicyclic) bond motifs is 1. The van der Waals surface area contributed by atoms with Crippen molar-refractivity contribution in [2.45, 2.75) is 12.0 Å². The molecule has 2 aromatic carbocycles. The van der Waals surface area contributed by atoms with Gasteiger partial charge in [-0.1, -0.05) is 66.7 Å². The normalized spacial score (nSPS) is 20.8. The number of aliphatic hydroxyl groups excluding tert-OH is 1. The van der Waals surface area contributed by atoms with Crippen LogP contribution in [0.2, 0.25) is 0 Å². The van der Waals surface area contributed by atoms with E-state index in [1.807, 2.05) is 36.4 Å². The monoisotopic (exact) mass is 292 g/mol. The van der Waals surface area contributed by atoms with Gasteiger partial charge in [0.15, 0.2) is 11.4 Å². The fourth-order valence-corrected chi connectivity index (χ4v) is 2.66. The van der Waals surface area contributed by atoms with Gasteiger partial charge in [0, 0.05) is 23.6 Å². The first kappa shape index (κ1) is 14.3. The van der Waals surface area contributed by atoms with Gasteiger partial charge in [0.05, 0.1) is 0 Å². The molecule has 3 nitrogen and oxygen atoms in total. The summed E-state index contributed by atoms with van der Waals surface area (Å²) in [7, 11) is 0. The first-order valence-corrected chi connectivity index (χ1v) is 7.10. The Balaban J connectivity index is 1.92. The van der Waals surface area contributed by atoms with Crippen molar-refractivity contribution in [3.05, 3.63) is 83.4 Å². The van der Waals surface area contributed by atoms with E-state index in [0.717, 1.165) is 11.6 Å². The summed E-state index contributed by atoms with van der Waals surface area (Å²) in [5, 5.41) is 20.7. The molecule has 0 aromatic heterocycles. The van der Waals surface area contributed by atoms with Gasteiger partial charge in [-0.05, 0) is 5.56 Å². The second-order valence-electron chi connectivity index (χ2n) is 5.32. The number of aliphatic hydroxyl groups is 2. The minimum absolute atomic E-state index is 0.0997. The highest BCUT2D eigenvalue weighted by Gasteiger charge is 2.40. The zero-order chi connectivity index (χ0) is 15.6. The van der Waals surface area contributed by atoms with E-state index in [4.69, 9.17) is 0 Å². The van der Waals surface area contributed by atoms with Gasteiger partial charge in [0.25, 0.3) is 0 Å². The van der Waals surface area contributed by atoms with Crippen molar-refractivity contribution < 1.29 is 15.0 Å². The maximum Gasteiger partial charge on any atom is 0.195 e. The molecule has 0 aliphatic heterocycles. The third-order valence-electron chi connectivity index (χ3n) is 3.85. The van der Waals surface area contributed by atoms with E-state index in [1.54, 1.807) is 30.3 Å². The van der Waals surface area contributed by atoms with Crippen LogP contribution in [0.3, 0.4) is 0 Å². The van der Waals surface area contributed by atoms with Crippen LogP contribution in [-0.4, -0.2) is 16.0 Å². The van der Waals surface area contributed by atoms with Crippen molar-refractivity contribution >= 4 is 17.6 Å². The molecule has 1 aliphatic carbocycles. The van der Waals surface area contributed by atoms with E-state index in [2.05, 4.69) is 0 Å². The van der Waals surface area contributed by atoms with Crippen LogP contribution >= 0.6 is 0 Å². The fourth-order valence-electron chi connectivity index (χ4n) is 2.66. The largest absolute Gasteiger partial charge is 0.507 e. The molecule has 110 valence electrons. The molecule has 0 fully saturated rings. The van der Waals surface area contributed by atoms with Crippen LogP contribution in [0.15, 0.2) is 66.7 Å². The van der Waals surface area contributed by atoms with Crippen molar-refractivity contribution in [2.24, 2.45) is 0 Å². The second-order valence-corrected chi connectivity index (χ2v) is 5.32. The topological polar surface area (TPSA) is 57.5 Å². The molecule has 0 amide bonds. The smallest absolute Gasteiger partial charge is 0.195 e. The van der Waals surface area contributed by atoms with Gasteiger partial charge in [-0.2, -0.15) is 0 Å². The molecule has 0 spiro atoms. The van der Waals surface area contributed by atoms with Gasteiger partial charge in [0.1, 0.15) is 5.76 Å². The lowest BCUT2D eigenvalue weighted by molar-refractivity contribution is -0.133. The number of rotatable bonds is 3. The van der Waals surface area contributed by atoms with Gasteiger partial charge in [-0.25, -0.2) is 0 Å². The molecule has 2 aromatic rings. The van der Waals surface area contributed by atoms with Crippen molar-refractivity contribution in [3.8, 4) is 0 Å². The highest BCUT2D eigenvalue weighted by molar-refractivity contribution is 6.05. The van der Waals surface area contributed by atoms with Crippen molar-refractivity contribution in [2.75, 3.05) is 0 Å². The molecule has 1 aliphatic rings. The maximum atomic E-state index is 12.2. The summed E-state index contributed by atoms with van der Waals surface area (Å²) in [6, 6.07) is 16.6. The molecule has 3 heteroatoms. The summed E-state index contributed by atoms with van der Waals surface area (Å²) in [6.07, 6.45) is 4.90. The molecule has 0 saturated heterocycles. The SMILES string of the molecule is O=C1C=C(O)c2ccccc2C1(O)C/C=C/c1ccccc1. The van der Waals surface area contributed by atoms with Crippen LogP contribution in [-0.2, 0) is 10.4 Å². The Kier molecular flexibility index (Phi) is 3.65. The van der Waals surface area contributed by atoms with Gasteiger partial charge in [-0.15, -0.1) is 0 Å². The Morgan fingerprint density at radius 2 is 1.68 bits per heavy atom. The predicted octanol–water partition coefficient (Wildman–Crippen LogP) is 3.46. The van der Waals surface area contributed by atoms with Crippen LogP contribution in [0.5, 0.6) is 0 Å². The first-order valence-electron chi connectivity index (χ1n) is 7.10. The summed E-state index contributed by atoms with van der Waals surface area (Å²) in [4.78, 5) is 12.2. The van der Waals surface area contributed by atoms with E-state index in [0.29, 0.717) is 11.1 Å². The zero-order valence-electron chi connectivity index (χ0n) is 11.9. The Labute approximate surface area is 128 Å². The molecule has 0 bridgehead atoms. The predicted molar refractivity (Wildman–Crippen MR) is 86.0 cm³/mol. The standard InChI is InChI=1S/C19H16O3/c20-17-13-18(21)19(22,16-11-5-4-10-15(16)17)12-6-9-14-7-2-1-3-8-14/h1-11,13,20,22H,12H2/b9-6+. The summed E-state index contributed by atoms with van der Waals surface area (Å²) >= 11 is 0. The molecule has 0 saturated carbocycles. The minimum atomic E-state index is -1.63. The fraction of sp³-hybridized carbons (Fsp3) is 0.105. The van der Waals surface area contributed by atoms with E-state index in [1.165, 1.54) is 0 Å². The lowest BCUT2D eigenvalue weighted by atomic mass is 9.79. The second kappa shape index (κ2) is 5.62. The quantitative estimate of drug-likeness (QED) is 0.911. The molecular weight excluding hydrogens is 276 g/mol. The highest BCUT2D eigenvalue weighted by Crippen LogP contribution is 2.37. The van der Waals surface area contributed by atoms with E-state index < -0.39 is 11.4 Å². The third kappa shape index (κ3) is 2.47. The molecule has 1 atom stereocenters.